The molecule has 0 aliphatic carbocycles. The average molecular weight is 242 g/mol. The van der Waals surface area contributed by atoms with Gasteiger partial charge in [0.2, 0.25) is 0 Å². The van der Waals surface area contributed by atoms with Crippen molar-refractivity contribution in [2.45, 2.75) is 50.4 Å². The molecule has 2 heterocycles. The van der Waals surface area contributed by atoms with Crippen LogP contribution in [0.4, 0.5) is 0 Å². The summed E-state index contributed by atoms with van der Waals surface area (Å²) in [6.45, 7) is 5.21. The average Bonchev–Trinajstić information content (AvgIpc) is 2.90. The summed E-state index contributed by atoms with van der Waals surface area (Å²) in [4.78, 5) is 4.53. The van der Waals surface area contributed by atoms with Gasteiger partial charge in [0.25, 0.3) is 0 Å². The highest BCUT2D eigenvalue weighted by Crippen LogP contribution is 2.23. The topological polar surface area (TPSA) is 33.6 Å². The number of thioether (sulfide) groups is 1. The van der Waals surface area contributed by atoms with Gasteiger partial charge in [-0.2, -0.15) is 0 Å². The van der Waals surface area contributed by atoms with Gasteiger partial charge in [-0.3, -0.25) is 4.99 Å². The largest absolute Gasteiger partial charge is 0.378 e. The van der Waals surface area contributed by atoms with E-state index in [0.29, 0.717) is 6.10 Å². The van der Waals surface area contributed by atoms with Crippen LogP contribution in [-0.2, 0) is 4.74 Å². The highest BCUT2D eigenvalue weighted by Gasteiger charge is 2.19. The van der Waals surface area contributed by atoms with Gasteiger partial charge in [-0.15, -0.1) is 0 Å². The fraction of sp³-hybridized carbons (Fsp3) is 0.917. The van der Waals surface area contributed by atoms with E-state index in [0.717, 1.165) is 36.5 Å². The first-order valence-corrected chi connectivity index (χ1v) is 7.33. The van der Waals surface area contributed by atoms with Gasteiger partial charge in [0.1, 0.15) is 0 Å². The van der Waals surface area contributed by atoms with Gasteiger partial charge in [-0.1, -0.05) is 25.1 Å². The second kappa shape index (κ2) is 6.50. The number of nitrogens with one attached hydrogen (secondary N) is 1. The normalized spacial score (nSPS) is 29.4. The molecule has 1 saturated heterocycles. The summed E-state index contributed by atoms with van der Waals surface area (Å²) in [5.74, 6) is 0. The number of rotatable bonds is 5. The Bertz CT molecular complexity index is 239. The molecule has 0 saturated carbocycles. The number of hydrogen-bond acceptors (Lipinski definition) is 4. The Hall–Kier alpha value is -0.220. The van der Waals surface area contributed by atoms with Crippen molar-refractivity contribution in [2.75, 3.05) is 19.7 Å². The van der Waals surface area contributed by atoms with Crippen LogP contribution in [0.15, 0.2) is 4.99 Å². The summed E-state index contributed by atoms with van der Waals surface area (Å²) in [5, 5.41) is 5.30. The summed E-state index contributed by atoms with van der Waals surface area (Å²) >= 11 is 1.92. The Labute approximate surface area is 102 Å². The monoisotopic (exact) mass is 242 g/mol. The molecule has 0 aromatic heterocycles. The summed E-state index contributed by atoms with van der Waals surface area (Å²) < 4.78 is 5.59. The van der Waals surface area contributed by atoms with E-state index >= 15 is 0 Å². The highest BCUT2D eigenvalue weighted by atomic mass is 32.2. The molecule has 1 N–H and O–H groups in total. The van der Waals surface area contributed by atoms with Gasteiger partial charge in [0.15, 0.2) is 5.17 Å². The van der Waals surface area contributed by atoms with Crippen LogP contribution in [0.25, 0.3) is 0 Å². The predicted molar refractivity (Wildman–Crippen MR) is 70.2 cm³/mol. The lowest BCUT2D eigenvalue weighted by Crippen LogP contribution is -2.24. The molecule has 0 aromatic rings. The summed E-state index contributed by atoms with van der Waals surface area (Å²) in [6.07, 6.45) is 6.63. The Morgan fingerprint density at radius 1 is 1.50 bits per heavy atom. The van der Waals surface area contributed by atoms with Crippen molar-refractivity contribution in [2.24, 2.45) is 4.99 Å². The van der Waals surface area contributed by atoms with Crippen molar-refractivity contribution in [1.29, 1.82) is 0 Å². The van der Waals surface area contributed by atoms with E-state index in [9.17, 15) is 0 Å². The number of nitrogens with zero attached hydrogens (tertiary/aromatic N) is 1. The molecule has 0 spiro atoms. The van der Waals surface area contributed by atoms with Crippen molar-refractivity contribution in [3.05, 3.63) is 0 Å². The van der Waals surface area contributed by atoms with E-state index in [1.165, 1.54) is 25.7 Å². The van der Waals surface area contributed by atoms with Crippen LogP contribution in [0.2, 0.25) is 0 Å². The van der Waals surface area contributed by atoms with Crippen LogP contribution in [0.5, 0.6) is 0 Å². The second-order valence-corrected chi connectivity index (χ2v) is 5.81. The van der Waals surface area contributed by atoms with Gasteiger partial charge in [0.05, 0.1) is 12.6 Å². The van der Waals surface area contributed by atoms with Crippen LogP contribution in [-0.4, -0.2) is 36.2 Å². The lowest BCUT2D eigenvalue weighted by atomic mass is 10.2. The third-order valence-corrected chi connectivity index (χ3v) is 4.31. The molecule has 0 amide bonds. The minimum Gasteiger partial charge on any atom is -0.378 e. The molecule has 0 radical (unpaired) electrons. The van der Waals surface area contributed by atoms with Crippen molar-refractivity contribution in [3.63, 3.8) is 0 Å². The van der Waals surface area contributed by atoms with Crippen LogP contribution < -0.4 is 5.32 Å². The quantitative estimate of drug-likeness (QED) is 0.804. The van der Waals surface area contributed by atoms with Gasteiger partial charge in [-0.05, 0) is 25.7 Å². The van der Waals surface area contributed by atoms with E-state index in [-0.39, 0.29) is 0 Å². The van der Waals surface area contributed by atoms with Crippen molar-refractivity contribution in [1.82, 2.24) is 5.32 Å². The molecular weight excluding hydrogens is 220 g/mol. The lowest BCUT2D eigenvalue weighted by Gasteiger charge is -2.11. The Balaban J connectivity index is 1.56. The highest BCUT2D eigenvalue weighted by molar-refractivity contribution is 8.14. The molecule has 2 unspecified atom stereocenters. The molecule has 1 fully saturated rings. The van der Waals surface area contributed by atoms with Crippen LogP contribution in [0.1, 0.15) is 39.0 Å². The number of hydrogen-bond donors (Lipinski definition) is 1. The molecule has 16 heavy (non-hydrogen) atoms. The van der Waals surface area contributed by atoms with Gasteiger partial charge in [-0.25, -0.2) is 0 Å². The zero-order valence-electron chi connectivity index (χ0n) is 10.1. The molecule has 4 heteroatoms. The minimum atomic E-state index is 0.492. The zero-order chi connectivity index (χ0) is 11.2. The number of aliphatic imine (C=N–C) groups is 1. The van der Waals surface area contributed by atoms with Crippen molar-refractivity contribution < 1.29 is 4.74 Å². The van der Waals surface area contributed by atoms with Gasteiger partial charge in [0, 0.05) is 18.4 Å². The Kier molecular flexibility index (Phi) is 4.97. The lowest BCUT2D eigenvalue weighted by molar-refractivity contribution is 0.105. The van der Waals surface area contributed by atoms with Crippen LogP contribution >= 0.6 is 11.8 Å². The maximum absolute atomic E-state index is 5.59. The fourth-order valence-corrected chi connectivity index (χ4v) is 3.35. The smallest absolute Gasteiger partial charge is 0.156 e. The maximum atomic E-state index is 5.59. The first-order valence-electron chi connectivity index (χ1n) is 6.45. The van der Waals surface area contributed by atoms with Crippen molar-refractivity contribution in [3.8, 4) is 0 Å². The minimum absolute atomic E-state index is 0.492. The van der Waals surface area contributed by atoms with Gasteiger partial charge >= 0.3 is 0 Å². The van der Waals surface area contributed by atoms with E-state index in [4.69, 9.17) is 4.74 Å². The summed E-state index contributed by atoms with van der Waals surface area (Å²) in [6, 6.07) is 0. The van der Waals surface area contributed by atoms with Crippen LogP contribution in [0.3, 0.4) is 0 Å². The van der Waals surface area contributed by atoms with E-state index in [2.05, 4.69) is 17.2 Å². The summed E-state index contributed by atoms with van der Waals surface area (Å²) in [5.41, 5.74) is 0. The van der Waals surface area contributed by atoms with Gasteiger partial charge < -0.3 is 10.1 Å². The third kappa shape index (κ3) is 3.67. The number of ether oxygens (including phenoxy) is 1. The molecule has 3 nitrogen and oxygen atoms in total. The van der Waals surface area contributed by atoms with Crippen LogP contribution in [0, 0.1) is 0 Å². The first-order chi connectivity index (χ1) is 7.88. The molecule has 2 atom stereocenters. The molecule has 92 valence electrons. The Morgan fingerprint density at radius 2 is 2.44 bits per heavy atom. The fourth-order valence-electron chi connectivity index (χ4n) is 2.20. The standard InChI is InChI=1S/C12H22N2OS/c1-2-4-11-9-14-12(16-11)13-7-6-10-5-3-8-15-10/h10-11H,2-9H2,1H3,(H,13,14). The Morgan fingerprint density at radius 3 is 3.19 bits per heavy atom. The third-order valence-electron chi connectivity index (χ3n) is 3.09. The summed E-state index contributed by atoms with van der Waals surface area (Å²) in [7, 11) is 0. The molecule has 0 aromatic carbocycles. The molecule has 0 bridgehead atoms. The molecule has 2 rings (SSSR count). The molecular formula is C12H22N2OS. The SMILES string of the molecule is CCCC1CN=C(NCCC2CCCO2)S1. The number of amidine groups is 1. The maximum Gasteiger partial charge on any atom is 0.156 e. The van der Waals surface area contributed by atoms with Crippen molar-refractivity contribution >= 4 is 16.9 Å². The predicted octanol–water partition coefficient (Wildman–Crippen LogP) is 2.42. The molecule has 2 aliphatic rings. The van der Waals surface area contributed by atoms with E-state index < -0.39 is 0 Å². The van der Waals surface area contributed by atoms with E-state index in [1.54, 1.807) is 0 Å². The second-order valence-electron chi connectivity index (χ2n) is 4.52. The zero-order valence-corrected chi connectivity index (χ0v) is 10.9. The molecule has 2 aliphatic heterocycles. The first kappa shape index (κ1) is 12.2. The van der Waals surface area contributed by atoms with E-state index in [1.807, 2.05) is 11.8 Å².